The van der Waals surface area contributed by atoms with Gasteiger partial charge in [-0.05, 0) is 30.7 Å². The van der Waals surface area contributed by atoms with Crippen LogP contribution in [0.2, 0.25) is 0 Å². The van der Waals surface area contributed by atoms with Gasteiger partial charge in [0, 0.05) is 37.7 Å². The van der Waals surface area contributed by atoms with E-state index in [1.54, 1.807) is 23.5 Å². The van der Waals surface area contributed by atoms with Gasteiger partial charge < -0.3 is 14.8 Å². The summed E-state index contributed by atoms with van der Waals surface area (Å²) in [5.41, 5.74) is 3.84. The fourth-order valence-electron chi connectivity index (χ4n) is 3.56. The number of nitrogens with one attached hydrogen (secondary N) is 1. The summed E-state index contributed by atoms with van der Waals surface area (Å²) < 4.78 is 2.01. The van der Waals surface area contributed by atoms with Crippen LogP contribution in [-0.2, 0) is 6.54 Å². The number of likely N-dealkylation sites (tertiary alicyclic amines) is 1. The number of aryl methyl sites for hydroxylation is 1. The molecule has 9 heteroatoms. The third-order valence-electron chi connectivity index (χ3n) is 5.19. The molecule has 1 amide bonds. The Morgan fingerprint density at radius 2 is 2.07 bits per heavy atom. The Labute approximate surface area is 172 Å². The molecule has 1 aliphatic rings. The van der Waals surface area contributed by atoms with Crippen LogP contribution < -0.4 is 5.32 Å². The van der Waals surface area contributed by atoms with Crippen LogP contribution in [0.25, 0.3) is 11.2 Å². The number of pyridine rings is 2. The molecule has 5 rings (SSSR count). The quantitative estimate of drug-likeness (QED) is 0.548. The van der Waals surface area contributed by atoms with Crippen LogP contribution in [0.15, 0.2) is 55.4 Å². The fourth-order valence-corrected chi connectivity index (χ4v) is 3.56. The van der Waals surface area contributed by atoms with E-state index in [2.05, 4.69) is 30.2 Å². The number of aromatic nitrogens is 6. The molecule has 4 aromatic heterocycles. The third kappa shape index (κ3) is 3.34. The highest BCUT2D eigenvalue weighted by molar-refractivity contribution is 5.93. The molecule has 1 saturated heterocycles. The summed E-state index contributed by atoms with van der Waals surface area (Å²) in [5, 5.41) is 3.31. The number of carbonyl (C=O) groups is 1. The Morgan fingerprint density at radius 3 is 2.87 bits per heavy atom. The summed E-state index contributed by atoms with van der Waals surface area (Å²) in [6, 6.07) is 9.52. The zero-order chi connectivity index (χ0) is 20.5. The van der Waals surface area contributed by atoms with Gasteiger partial charge in [-0.25, -0.2) is 19.9 Å². The standard InChI is InChI=1S/C21H20N8O/c1-14-4-2-6-17(27-14)21(30)28-10-16(11-28)29-13-26-18-19(24-12-25-20(18)29)23-9-15-5-3-7-22-8-15/h2-8,12-13,16H,9-11H2,1H3,(H,23,24,25). The van der Waals surface area contributed by atoms with Gasteiger partial charge in [-0.3, -0.25) is 9.78 Å². The zero-order valence-electron chi connectivity index (χ0n) is 16.4. The van der Waals surface area contributed by atoms with Crippen molar-refractivity contribution in [3.05, 3.63) is 72.3 Å². The van der Waals surface area contributed by atoms with Crippen LogP contribution in [0.5, 0.6) is 0 Å². The van der Waals surface area contributed by atoms with Gasteiger partial charge in [-0.1, -0.05) is 12.1 Å². The highest BCUT2D eigenvalue weighted by Gasteiger charge is 2.34. The summed E-state index contributed by atoms with van der Waals surface area (Å²) in [7, 11) is 0. The molecule has 9 nitrogen and oxygen atoms in total. The molecule has 0 aromatic carbocycles. The Morgan fingerprint density at radius 1 is 1.17 bits per heavy atom. The van der Waals surface area contributed by atoms with Crippen LogP contribution in [0.3, 0.4) is 0 Å². The molecule has 0 radical (unpaired) electrons. The molecule has 1 fully saturated rings. The van der Waals surface area contributed by atoms with Crippen LogP contribution in [0.4, 0.5) is 5.82 Å². The molecule has 150 valence electrons. The Kier molecular flexibility index (Phi) is 4.55. The van der Waals surface area contributed by atoms with Gasteiger partial charge >= 0.3 is 0 Å². The lowest BCUT2D eigenvalue weighted by atomic mass is 10.1. The summed E-state index contributed by atoms with van der Waals surface area (Å²) in [5.74, 6) is 0.631. The smallest absolute Gasteiger partial charge is 0.272 e. The maximum atomic E-state index is 12.6. The van der Waals surface area contributed by atoms with E-state index in [-0.39, 0.29) is 11.9 Å². The molecule has 0 spiro atoms. The van der Waals surface area contributed by atoms with Crippen LogP contribution in [0, 0.1) is 6.92 Å². The SMILES string of the molecule is Cc1cccc(C(=O)N2CC(n3cnc4c(NCc5cccnc5)ncnc43)C2)n1. The Bertz CT molecular complexity index is 1200. The number of amides is 1. The lowest BCUT2D eigenvalue weighted by Crippen LogP contribution is -2.50. The van der Waals surface area contributed by atoms with E-state index in [1.807, 2.05) is 42.0 Å². The van der Waals surface area contributed by atoms with E-state index in [9.17, 15) is 4.79 Å². The summed E-state index contributed by atoms with van der Waals surface area (Å²) in [4.78, 5) is 36.1. The maximum absolute atomic E-state index is 12.6. The minimum atomic E-state index is -0.0483. The minimum absolute atomic E-state index is 0.0483. The second-order valence-corrected chi connectivity index (χ2v) is 7.29. The number of carbonyl (C=O) groups excluding carboxylic acids is 1. The van der Waals surface area contributed by atoms with E-state index in [1.165, 1.54) is 6.33 Å². The van der Waals surface area contributed by atoms with Crippen LogP contribution >= 0.6 is 0 Å². The van der Waals surface area contributed by atoms with Crippen molar-refractivity contribution < 1.29 is 4.79 Å². The van der Waals surface area contributed by atoms with Crippen molar-refractivity contribution in [3.8, 4) is 0 Å². The number of hydrogen-bond acceptors (Lipinski definition) is 7. The number of anilines is 1. The zero-order valence-corrected chi connectivity index (χ0v) is 16.4. The second-order valence-electron chi connectivity index (χ2n) is 7.29. The summed E-state index contributed by atoms with van der Waals surface area (Å²) in [6.45, 7) is 3.68. The molecule has 0 atom stereocenters. The van der Waals surface area contributed by atoms with Gasteiger partial charge in [-0.2, -0.15) is 0 Å². The molecule has 4 aromatic rings. The van der Waals surface area contributed by atoms with Crippen LogP contribution in [-0.4, -0.2) is 53.4 Å². The predicted molar refractivity (Wildman–Crippen MR) is 111 cm³/mol. The molecule has 0 saturated carbocycles. The fraction of sp³-hybridized carbons (Fsp3) is 0.238. The van der Waals surface area contributed by atoms with Gasteiger partial charge in [0.25, 0.3) is 5.91 Å². The van der Waals surface area contributed by atoms with Crippen molar-refractivity contribution >= 4 is 22.9 Å². The van der Waals surface area contributed by atoms with Gasteiger partial charge in [0.1, 0.15) is 17.5 Å². The van der Waals surface area contributed by atoms with Crippen molar-refractivity contribution in [3.63, 3.8) is 0 Å². The van der Waals surface area contributed by atoms with Crippen molar-refractivity contribution in [2.24, 2.45) is 0 Å². The van der Waals surface area contributed by atoms with Gasteiger partial charge in [0.05, 0.1) is 12.4 Å². The largest absolute Gasteiger partial charge is 0.364 e. The molecular formula is C21H20N8O. The summed E-state index contributed by atoms with van der Waals surface area (Å²) in [6.07, 6.45) is 6.86. The molecule has 30 heavy (non-hydrogen) atoms. The topological polar surface area (TPSA) is 102 Å². The van der Waals surface area contributed by atoms with Gasteiger partial charge in [0.15, 0.2) is 11.5 Å². The molecule has 0 unspecified atom stereocenters. The number of nitrogens with zero attached hydrogens (tertiary/aromatic N) is 7. The highest BCUT2D eigenvalue weighted by atomic mass is 16.2. The first kappa shape index (κ1) is 18.2. The normalized spacial score (nSPS) is 14.0. The molecule has 5 heterocycles. The van der Waals surface area contributed by atoms with Gasteiger partial charge in [0.2, 0.25) is 0 Å². The molecule has 0 aliphatic carbocycles. The molecular weight excluding hydrogens is 380 g/mol. The maximum Gasteiger partial charge on any atom is 0.272 e. The van der Waals surface area contributed by atoms with E-state index < -0.39 is 0 Å². The predicted octanol–water partition coefficient (Wildman–Crippen LogP) is 2.23. The summed E-state index contributed by atoms with van der Waals surface area (Å²) >= 11 is 0. The van der Waals surface area contributed by atoms with E-state index in [0.717, 1.165) is 16.9 Å². The third-order valence-corrected chi connectivity index (χ3v) is 5.19. The Hall–Kier alpha value is -3.88. The van der Waals surface area contributed by atoms with Crippen molar-refractivity contribution in [1.82, 2.24) is 34.4 Å². The van der Waals surface area contributed by atoms with Crippen molar-refractivity contribution in [2.75, 3.05) is 18.4 Å². The lowest BCUT2D eigenvalue weighted by molar-refractivity contribution is 0.0519. The average molecular weight is 400 g/mol. The molecule has 1 aliphatic heterocycles. The highest BCUT2D eigenvalue weighted by Crippen LogP contribution is 2.27. The number of imidazole rings is 1. The first-order valence-corrected chi connectivity index (χ1v) is 9.72. The first-order chi connectivity index (χ1) is 14.7. The van der Waals surface area contributed by atoms with Crippen molar-refractivity contribution in [1.29, 1.82) is 0 Å². The number of rotatable bonds is 5. The lowest BCUT2D eigenvalue weighted by Gasteiger charge is -2.39. The first-order valence-electron chi connectivity index (χ1n) is 9.72. The van der Waals surface area contributed by atoms with E-state index in [0.29, 0.717) is 36.7 Å². The second kappa shape index (κ2) is 7.51. The van der Waals surface area contributed by atoms with E-state index >= 15 is 0 Å². The molecule has 1 N–H and O–H groups in total. The molecule has 0 bridgehead atoms. The minimum Gasteiger partial charge on any atom is -0.364 e. The van der Waals surface area contributed by atoms with Crippen molar-refractivity contribution in [2.45, 2.75) is 19.5 Å². The number of hydrogen-bond donors (Lipinski definition) is 1. The number of fused-ring (bicyclic) bond motifs is 1. The monoisotopic (exact) mass is 400 g/mol. The van der Waals surface area contributed by atoms with Crippen LogP contribution in [0.1, 0.15) is 27.8 Å². The van der Waals surface area contributed by atoms with E-state index in [4.69, 9.17) is 0 Å². The van der Waals surface area contributed by atoms with Gasteiger partial charge in [-0.15, -0.1) is 0 Å². The average Bonchev–Trinajstić information content (AvgIpc) is 3.16. The Balaban J connectivity index is 1.30.